The van der Waals surface area contributed by atoms with E-state index in [0.717, 1.165) is 33.9 Å². The maximum atomic E-state index is 13.1. The molecule has 1 N–H and O–H groups in total. The monoisotopic (exact) mass is 378 g/mol. The lowest BCUT2D eigenvalue weighted by atomic mass is 10.2. The van der Waals surface area contributed by atoms with Crippen molar-refractivity contribution >= 4 is 21.8 Å². The van der Waals surface area contributed by atoms with Crippen LogP contribution in [-0.4, -0.2) is 30.9 Å². The molecule has 2 aromatic heterocycles. The Morgan fingerprint density at radius 2 is 1.61 bits per heavy atom. The van der Waals surface area contributed by atoms with Gasteiger partial charge in [-0.2, -0.15) is 5.10 Å². The van der Waals surface area contributed by atoms with E-state index in [2.05, 4.69) is 26.0 Å². The van der Waals surface area contributed by atoms with Crippen molar-refractivity contribution in [3.05, 3.63) is 64.6 Å². The average molecular weight is 378 g/mol. The number of para-hydroxylation sites is 2. The summed E-state index contributed by atoms with van der Waals surface area (Å²) in [5.41, 5.74) is 2.92. The Labute approximate surface area is 163 Å². The minimum atomic E-state index is 0.00257. The summed E-state index contributed by atoms with van der Waals surface area (Å²) < 4.78 is 5.85. The molecule has 0 radical (unpaired) electrons. The molecular weight excluding hydrogens is 352 g/mol. The Hall–Kier alpha value is -2.86. The maximum Gasteiger partial charge on any atom is 0.274 e. The van der Waals surface area contributed by atoms with Crippen LogP contribution in [0.25, 0.3) is 21.8 Å². The largest absolute Gasteiger partial charge is 0.396 e. The zero-order chi connectivity index (χ0) is 19.7. The van der Waals surface area contributed by atoms with Gasteiger partial charge >= 0.3 is 0 Å². The molecule has 28 heavy (non-hydrogen) atoms. The molecule has 146 valence electrons. The van der Waals surface area contributed by atoms with E-state index in [1.165, 1.54) is 0 Å². The molecule has 0 saturated carbocycles. The SMILES string of the molecule is CC(C)n1nc(Cn2c(=O)c3ccccc3n2CCCCO)c2ccccc21. The number of benzene rings is 2. The van der Waals surface area contributed by atoms with Crippen LogP contribution in [-0.2, 0) is 13.1 Å². The van der Waals surface area contributed by atoms with Crippen molar-refractivity contribution in [3.63, 3.8) is 0 Å². The van der Waals surface area contributed by atoms with Gasteiger partial charge in [0.05, 0.1) is 28.7 Å². The molecule has 6 heteroatoms. The van der Waals surface area contributed by atoms with E-state index in [9.17, 15) is 4.79 Å². The standard InChI is InChI=1S/C22H26N4O2/c1-16(2)26-21-12-6-3-9-17(21)19(23-26)15-25-22(28)18-10-4-5-11-20(18)24(25)13-7-8-14-27/h3-6,9-12,16,27H,7-8,13-15H2,1-2H3. The molecule has 0 aliphatic rings. The van der Waals surface area contributed by atoms with Crippen LogP contribution in [0.5, 0.6) is 0 Å². The summed E-state index contributed by atoms with van der Waals surface area (Å²) in [5, 5.41) is 15.8. The van der Waals surface area contributed by atoms with Gasteiger partial charge in [0.15, 0.2) is 0 Å². The first-order valence-electron chi connectivity index (χ1n) is 9.87. The molecular formula is C22H26N4O2. The first kappa shape index (κ1) is 18.5. The second-order valence-electron chi connectivity index (χ2n) is 7.44. The number of aryl methyl sites for hydroxylation is 1. The van der Waals surface area contributed by atoms with Gasteiger partial charge in [-0.05, 0) is 44.9 Å². The van der Waals surface area contributed by atoms with Crippen LogP contribution in [0.1, 0.15) is 38.4 Å². The van der Waals surface area contributed by atoms with E-state index in [1.807, 2.05) is 45.8 Å². The maximum absolute atomic E-state index is 13.1. The highest BCUT2D eigenvalue weighted by Gasteiger charge is 2.17. The third kappa shape index (κ3) is 3.14. The Morgan fingerprint density at radius 1 is 0.929 bits per heavy atom. The molecule has 0 bridgehead atoms. The summed E-state index contributed by atoms with van der Waals surface area (Å²) in [5.74, 6) is 0. The van der Waals surface area contributed by atoms with Gasteiger partial charge in [0, 0.05) is 24.6 Å². The second-order valence-corrected chi connectivity index (χ2v) is 7.44. The molecule has 0 atom stereocenters. The van der Waals surface area contributed by atoms with Crippen molar-refractivity contribution in [2.24, 2.45) is 0 Å². The summed E-state index contributed by atoms with van der Waals surface area (Å²) in [4.78, 5) is 13.1. The number of aromatic nitrogens is 4. The molecule has 0 saturated heterocycles. The Balaban J connectivity index is 1.84. The molecule has 0 aliphatic heterocycles. The van der Waals surface area contributed by atoms with Crippen LogP contribution in [0.3, 0.4) is 0 Å². The van der Waals surface area contributed by atoms with Gasteiger partial charge < -0.3 is 5.11 Å². The van der Waals surface area contributed by atoms with Crippen molar-refractivity contribution < 1.29 is 5.11 Å². The molecule has 0 amide bonds. The zero-order valence-electron chi connectivity index (χ0n) is 16.4. The summed E-state index contributed by atoms with van der Waals surface area (Å²) in [6.07, 6.45) is 1.53. The fourth-order valence-electron chi connectivity index (χ4n) is 3.84. The molecule has 0 aliphatic carbocycles. The number of rotatable bonds is 7. The summed E-state index contributed by atoms with van der Waals surface area (Å²) in [6.45, 7) is 5.49. The highest BCUT2D eigenvalue weighted by molar-refractivity contribution is 5.82. The third-order valence-electron chi connectivity index (χ3n) is 5.20. The van der Waals surface area contributed by atoms with Gasteiger partial charge in [0.25, 0.3) is 5.56 Å². The lowest BCUT2D eigenvalue weighted by molar-refractivity contribution is 0.278. The minimum Gasteiger partial charge on any atom is -0.396 e. The van der Waals surface area contributed by atoms with Crippen LogP contribution in [0.4, 0.5) is 0 Å². The predicted octanol–water partition coefficient (Wildman–Crippen LogP) is 3.55. The minimum absolute atomic E-state index is 0.00257. The Kier molecular flexibility index (Phi) is 5.05. The molecule has 6 nitrogen and oxygen atoms in total. The second kappa shape index (κ2) is 7.64. The van der Waals surface area contributed by atoms with Crippen molar-refractivity contribution in [2.45, 2.75) is 45.8 Å². The van der Waals surface area contributed by atoms with E-state index in [-0.39, 0.29) is 18.2 Å². The smallest absolute Gasteiger partial charge is 0.274 e. The van der Waals surface area contributed by atoms with Crippen LogP contribution >= 0.6 is 0 Å². The number of fused-ring (bicyclic) bond motifs is 2. The molecule has 4 aromatic rings. The number of aliphatic hydroxyl groups excluding tert-OH is 1. The zero-order valence-corrected chi connectivity index (χ0v) is 16.4. The summed E-state index contributed by atoms with van der Waals surface area (Å²) in [7, 11) is 0. The highest BCUT2D eigenvalue weighted by Crippen LogP contribution is 2.23. The van der Waals surface area contributed by atoms with E-state index < -0.39 is 0 Å². The number of nitrogens with zero attached hydrogens (tertiary/aromatic N) is 4. The molecule has 0 unspecified atom stereocenters. The van der Waals surface area contributed by atoms with E-state index >= 15 is 0 Å². The van der Waals surface area contributed by atoms with Gasteiger partial charge in [0.2, 0.25) is 0 Å². The molecule has 4 rings (SSSR count). The van der Waals surface area contributed by atoms with E-state index in [1.54, 1.807) is 4.68 Å². The Bertz CT molecular complexity index is 1170. The van der Waals surface area contributed by atoms with E-state index in [4.69, 9.17) is 10.2 Å². The molecule has 0 fully saturated rings. The van der Waals surface area contributed by atoms with Crippen LogP contribution in [0.2, 0.25) is 0 Å². The van der Waals surface area contributed by atoms with Gasteiger partial charge in [0.1, 0.15) is 0 Å². The summed E-state index contributed by atoms with van der Waals surface area (Å²) >= 11 is 0. The van der Waals surface area contributed by atoms with Gasteiger partial charge in [-0.1, -0.05) is 30.3 Å². The normalized spacial score (nSPS) is 11.9. The van der Waals surface area contributed by atoms with Gasteiger partial charge in [-0.15, -0.1) is 0 Å². The molecule has 2 aromatic carbocycles. The Morgan fingerprint density at radius 3 is 2.32 bits per heavy atom. The lowest BCUT2D eigenvalue weighted by Gasteiger charge is -2.12. The third-order valence-corrected chi connectivity index (χ3v) is 5.20. The number of hydrogen-bond acceptors (Lipinski definition) is 3. The molecule has 0 spiro atoms. The highest BCUT2D eigenvalue weighted by atomic mass is 16.3. The first-order valence-corrected chi connectivity index (χ1v) is 9.87. The van der Waals surface area contributed by atoms with Crippen LogP contribution < -0.4 is 5.56 Å². The lowest BCUT2D eigenvalue weighted by Crippen LogP contribution is -2.24. The number of unbranched alkanes of at least 4 members (excludes halogenated alkanes) is 1. The van der Waals surface area contributed by atoms with Crippen molar-refractivity contribution in [1.82, 2.24) is 19.1 Å². The summed E-state index contributed by atoms with van der Waals surface area (Å²) in [6, 6.07) is 16.1. The van der Waals surface area contributed by atoms with Gasteiger partial charge in [-0.3, -0.25) is 14.2 Å². The van der Waals surface area contributed by atoms with Crippen LogP contribution in [0, 0.1) is 0 Å². The fourth-order valence-corrected chi connectivity index (χ4v) is 3.84. The predicted molar refractivity (Wildman–Crippen MR) is 112 cm³/mol. The fraction of sp³-hybridized carbons (Fsp3) is 0.364. The topological polar surface area (TPSA) is 65.0 Å². The number of aliphatic hydroxyl groups is 1. The average Bonchev–Trinajstić information content (AvgIpc) is 3.20. The van der Waals surface area contributed by atoms with Crippen molar-refractivity contribution in [2.75, 3.05) is 6.61 Å². The first-order chi connectivity index (χ1) is 13.6. The van der Waals surface area contributed by atoms with E-state index in [0.29, 0.717) is 19.5 Å². The van der Waals surface area contributed by atoms with Crippen molar-refractivity contribution in [3.8, 4) is 0 Å². The molecule has 2 heterocycles. The quantitative estimate of drug-likeness (QED) is 0.500. The van der Waals surface area contributed by atoms with Crippen LogP contribution in [0.15, 0.2) is 53.3 Å². The number of hydrogen-bond donors (Lipinski definition) is 1. The van der Waals surface area contributed by atoms with Crippen molar-refractivity contribution in [1.29, 1.82) is 0 Å². The van der Waals surface area contributed by atoms with Gasteiger partial charge in [-0.25, -0.2) is 4.68 Å².